The van der Waals surface area contributed by atoms with E-state index in [9.17, 15) is 9.59 Å². The quantitative estimate of drug-likeness (QED) is 0.937. The maximum Gasteiger partial charge on any atom is 0.229 e. The largest absolute Gasteiger partial charge is 0.497 e. The van der Waals surface area contributed by atoms with E-state index < -0.39 is 0 Å². The number of likely N-dealkylation sites (tertiary alicyclic amines) is 1. The standard InChI is InChI=1S/C19H22N2O3/c1-12(19(23)21-8-7-16(11-21)18(20)22)13-3-4-15-10-17(24-2)6-5-14(15)9-13/h3-6,9-10,12,16H,7-8,11H2,1-2H3,(H2,20,22)/t12-,16-/m0/s1. The molecule has 2 atom stereocenters. The van der Waals surface area contributed by atoms with Crippen molar-refractivity contribution < 1.29 is 14.3 Å². The highest BCUT2D eigenvalue weighted by Crippen LogP contribution is 2.27. The third-order valence-corrected chi connectivity index (χ3v) is 4.84. The molecule has 0 aromatic heterocycles. The summed E-state index contributed by atoms with van der Waals surface area (Å²) in [4.78, 5) is 25.7. The molecule has 0 radical (unpaired) electrons. The molecule has 2 N–H and O–H groups in total. The van der Waals surface area contributed by atoms with Crippen LogP contribution in [0.15, 0.2) is 36.4 Å². The van der Waals surface area contributed by atoms with Crippen molar-refractivity contribution in [1.82, 2.24) is 4.90 Å². The molecule has 5 nitrogen and oxygen atoms in total. The van der Waals surface area contributed by atoms with Gasteiger partial charge < -0.3 is 15.4 Å². The predicted molar refractivity (Wildman–Crippen MR) is 92.8 cm³/mol. The van der Waals surface area contributed by atoms with Gasteiger partial charge in [0.25, 0.3) is 0 Å². The zero-order valence-corrected chi connectivity index (χ0v) is 14.0. The Morgan fingerprint density at radius 1 is 1.21 bits per heavy atom. The van der Waals surface area contributed by atoms with E-state index in [4.69, 9.17) is 10.5 Å². The van der Waals surface area contributed by atoms with E-state index in [0.29, 0.717) is 19.5 Å². The van der Waals surface area contributed by atoms with E-state index in [1.54, 1.807) is 12.0 Å². The zero-order valence-electron chi connectivity index (χ0n) is 14.0. The molecular formula is C19H22N2O3. The van der Waals surface area contributed by atoms with Crippen LogP contribution in [-0.2, 0) is 9.59 Å². The van der Waals surface area contributed by atoms with Gasteiger partial charge in [-0.1, -0.05) is 24.3 Å². The lowest BCUT2D eigenvalue weighted by Gasteiger charge is -2.21. The number of rotatable bonds is 4. The Hall–Kier alpha value is -2.56. The maximum absolute atomic E-state index is 12.7. The molecule has 1 aliphatic rings. The molecule has 24 heavy (non-hydrogen) atoms. The number of nitrogens with zero attached hydrogens (tertiary/aromatic N) is 1. The first-order chi connectivity index (χ1) is 11.5. The number of primary amides is 1. The van der Waals surface area contributed by atoms with E-state index >= 15 is 0 Å². The number of benzene rings is 2. The van der Waals surface area contributed by atoms with Gasteiger partial charge in [0.05, 0.1) is 18.9 Å². The third kappa shape index (κ3) is 3.07. The minimum Gasteiger partial charge on any atom is -0.497 e. The fourth-order valence-corrected chi connectivity index (χ4v) is 3.25. The van der Waals surface area contributed by atoms with Crippen LogP contribution in [0.1, 0.15) is 24.8 Å². The maximum atomic E-state index is 12.7. The minimum absolute atomic E-state index is 0.0478. The van der Waals surface area contributed by atoms with Gasteiger partial charge in [-0.15, -0.1) is 0 Å². The molecule has 1 saturated heterocycles. The minimum atomic E-state index is -0.322. The lowest BCUT2D eigenvalue weighted by atomic mass is 9.96. The first-order valence-electron chi connectivity index (χ1n) is 8.15. The van der Waals surface area contributed by atoms with Gasteiger partial charge >= 0.3 is 0 Å². The Labute approximate surface area is 141 Å². The van der Waals surface area contributed by atoms with Crippen LogP contribution in [0.4, 0.5) is 0 Å². The van der Waals surface area contributed by atoms with Crippen molar-refractivity contribution in [2.45, 2.75) is 19.3 Å². The molecule has 0 aliphatic carbocycles. The number of carbonyl (C=O) groups excluding carboxylic acids is 2. The molecule has 0 saturated carbocycles. The average molecular weight is 326 g/mol. The van der Waals surface area contributed by atoms with E-state index in [1.807, 2.05) is 43.3 Å². The van der Waals surface area contributed by atoms with Crippen molar-refractivity contribution in [1.29, 1.82) is 0 Å². The SMILES string of the molecule is COc1ccc2cc([C@H](C)C(=O)N3CC[C@H](C(N)=O)C3)ccc2c1. The molecule has 2 aromatic carbocycles. The summed E-state index contributed by atoms with van der Waals surface area (Å²) in [7, 11) is 1.64. The Morgan fingerprint density at radius 2 is 1.92 bits per heavy atom. The molecule has 3 rings (SSSR count). The monoisotopic (exact) mass is 326 g/mol. The van der Waals surface area contributed by atoms with E-state index in [2.05, 4.69) is 0 Å². The number of fused-ring (bicyclic) bond motifs is 1. The van der Waals surface area contributed by atoms with Gasteiger partial charge in [-0.3, -0.25) is 9.59 Å². The molecule has 0 bridgehead atoms. The van der Waals surface area contributed by atoms with Crippen molar-refractivity contribution >= 4 is 22.6 Å². The van der Waals surface area contributed by atoms with Crippen molar-refractivity contribution in [3.63, 3.8) is 0 Å². The Balaban J connectivity index is 1.79. The highest BCUT2D eigenvalue weighted by Gasteiger charge is 2.32. The highest BCUT2D eigenvalue weighted by atomic mass is 16.5. The summed E-state index contributed by atoms with van der Waals surface area (Å²) in [6.45, 7) is 2.94. The summed E-state index contributed by atoms with van der Waals surface area (Å²) in [6.07, 6.45) is 0.658. The van der Waals surface area contributed by atoms with Crippen LogP contribution < -0.4 is 10.5 Å². The van der Waals surface area contributed by atoms with Crippen molar-refractivity contribution in [2.24, 2.45) is 11.7 Å². The number of hydrogen-bond acceptors (Lipinski definition) is 3. The van der Waals surface area contributed by atoms with Gasteiger partial charge in [0.1, 0.15) is 5.75 Å². The van der Waals surface area contributed by atoms with E-state index in [0.717, 1.165) is 22.1 Å². The molecule has 5 heteroatoms. The second-order valence-corrected chi connectivity index (χ2v) is 6.37. The number of nitrogens with two attached hydrogens (primary N) is 1. The summed E-state index contributed by atoms with van der Waals surface area (Å²) < 4.78 is 5.24. The molecule has 2 aromatic rings. The summed E-state index contributed by atoms with van der Waals surface area (Å²) in [5, 5.41) is 2.15. The fourth-order valence-electron chi connectivity index (χ4n) is 3.25. The van der Waals surface area contributed by atoms with Gasteiger partial charge in [0.15, 0.2) is 0 Å². The van der Waals surface area contributed by atoms with Crippen LogP contribution in [0.5, 0.6) is 5.75 Å². The molecule has 1 fully saturated rings. The Kier molecular flexibility index (Phi) is 4.42. The summed E-state index contributed by atoms with van der Waals surface area (Å²) in [6, 6.07) is 11.9. The number of carbonyl (C=O) groups is 2. The lowest BCUT2D eigenvalue weighted by Crippen LogP contribution is -2.34. The second-order valence-electron chi connectivity index (χ2n) is 6.37. The average Bonchev–Trinajstić information content (AvgIpc) is 3.10. The first kappa shape index (κ1) is 16.3. The Morgan fingerprint density at radius 3 is 2.58 bits per heavy atom. The Bertz CT molecular complexity index is 787. The van der Waals surface area contributed by atoms with Crippen LogP contribution >= 0.6 is 0 Å². The van der Waals surface area contributed by atoms with Crippen molar-refractivity contribution in [3.05, 3.63) is 42.0 Å². The lowest BCUT2D eigenvalue weighted by molar-refractivity contribution is -0.131. The smallest absolute Gasteiger partial charge is 0.229 e. The number of ether oxygens (including phenoxy) is 1. The van der Waals surface area contributed by atoms with E-state index in [-0.39, 0.29) is 23.7 Å². The van der Waals surface area contributed by atoms with Crippen LogP contribution in [0.2, 0.25) is 0 Å². The first-order valence-corrected chi connectivity index (χ1v) is 8.15. The molecule has 1 heterocycles. The summed E-state index contributed by atoms with van der Waals surface area (Å²) in [5.41, 5.74) is 6.32. The van der Waals surface area contributed by atoms with Gasteiger partial charge in [0, 0.05) is 13.1 Å². The number of hydrogen-bond donors (Lipinski definition) is 1. The van der Waals surface area contributed by atoms with Gasteiger partial charge in [-0.25, -0.2) is 0 Å². The molecular weight excluding hydrogens is 304 g/mol. The van der Waals surface area contributed by atoms with Gasteiger partial charge in [-0.05, 0) is 41.8 Å². The van der Waals surface area contributed by atoms with Crippen LogP contribution in [0, 0.1) is 5.92 Å². The predicted octanol–water partition coefficient (Wildman–Crippen LogP) is 2.29. The van der Waals surface area contributed by atoms with Gasteiger partial charge in [-0.2, -0.15) is 0 Å². The molecule has 0 spiro atoms. The van der Waals surface area contributed by atoms with E-state index in [1.165, 1.54) is 0 Å². The molecule has 1 aliphatic heterocycles. The molecule has 0 unspecified atom stereocenters. The third-order valence-electron chi connectivity index (χ3n) is 4.84. The highest BCUT2D eigenvalue weighted by molar-refractivity contribution is 5.89. The molecule has 126 valence electrons. The number of methoxy groups -OCH3 is 1. The van der Waals surface area contributed by atoms with Crippen LogP contribution in [0.25, 0.3) is 10.8 Å². The fraction of sp³-hybridized carbons (Fsp3) is 0.368. The number of amides is 2. The summed E-state index contributed by atoms with van der Waals surface area (Å²) >= 11 is 0. The second kappa shape index (κ2) is 6.51. The van der Waals surface area contributed by atoms with Gasteiger partial charge in [0.2, 0.25) is 11.8 Å². The summed E-state index contributed by atoms with van der Waals surface area (Å²) in [5.74, 6) is 0.0755. The molecule has 2 amide bonds. The van der Waals surface area contributed by atoms with Crippen LogP contribution in [-0.4, -0.2) is 36.9 Å². The normalized spacial score (nSPS) is 18.6. The van der Waals surface area contributed by atoms with Crippen LogP contribution in [0.3, 0.4) is 0 Å². The topological polar surface area (TPSA) is 72.6 Å². The van der Waals surface area contributed by atoms with Crippen molar-refractivity contribution in [3.8, 4) is 5.75 Å². The zero-order chi connectivity index (χ0) is 17.3. The van der Waals surface area contributed by atoms with Crippen molar-refractivity contribution in [2.75, 3.05) is 20.2 Å².